The van der Waals surface area contributed by atoms with Gasteiger partial charge in [-0.2, -0.15) is 0 Å². The molecule has 0 aliphatic carbocycles. The van der Waals surface area contributed by atoms with Crippen molar-refractivity contribution in [1.82, 2.24) is 24.9 Å². The highest BCUT2D eigenvalue weighted by Crippen LogP contribution is 2.29. The van der Waals surface area contributed by atoms with Gasteiger partial charge in [-0.1, -0.05) is 91.5 Å². The van der Waals surface area contributed by atoms with E-state index in [1.807, 2.05) is 72.8 Å². The van der Waals surface area contributed by atoms with Crippen molar-refractivity contribution in [1.29, 1.82) is 0 Å². The van der Waals surface area contributed by atoms with Crippen molar-refractivity contribution in [3.05, 3.63) is 140 Å². The second-order valence-electron chi connectivity index (χ2n) is 9.89. The summed E-state index contributed by atoms with van der Waals surface area (Å²) in [5, 5.41) is 0. The Labute approximate surface area is 256 Å². The van der Waals surface area contributed by atoms with Crippen LogP contribution in [0.2, 0.25) is 0 Å². The fourth-order valence-electron chi connectivity index (χ4n) is 4.89. The molecule has 0 radical (unpaired) electrons. The number of benzene rings is 4. The summed E-state index contributed by atoms with van der Waals surface area (Å²) in [6.07, 6.45) is 8.99. The summed E-state index contributed by atoms with van der Waals surface area (Å²) in [6.45, 7) is 3.65. The number of rotatable bonds is 9. The van der Waals surface area contributed by atoms with Crippen LogP contribution in [0.1, 0.15) is 12.0 Å². The predicted octanol–water partition coefficient (Wildman–Crippen LogP) is 8.02. The van der Waals surface area contributed by atoms with E-state index in [2.05, 4.69) is 56.9 Å². The Morgan fingerprint density at radius 3 is 1.89 bits per heavy atom. The maximum atomic E-state index is 4.99. The Morgan fingerprint density at radius 2 is 1.25 bits per heavy atom. The predicted molar refractivity (Wildman–Crippen MR) is 178 cm³/mol. The summed E-state index contributed by atoms with van der Waals surface area (Å²) in [6, 6.07) is 34.7. The molecule has 2 heterocycles. The molecular formula is C37H29N7. The number of hydrogen-bond donors (Lipinski definition) is 0. The van der Waals surface area contributed by atoms with Gasteiger partial charge in [0.25, 0.3) is 0 Å². The van der Waals surface area contributed by atoms with Gasteiger partial charge in [-0.05, 0) is 34.9 Å². The standard InChI is InChI=1S/C37H29N7/c1-3-39-19-18-33(38-2)28-13-8-16-31(23-28)36-42-35(30-15-7-12-27(22-30)26-10-5-4-6-11-26)43-37(44-36)32-17-9-14-29(24-32)34-25-40-20-21-41-34/h3-17,19-25H,1,18H2,2H3. The zero-order valence-electron chi connectivity index (χ0n) is 24.2. The third kappa shape index (κ3) is 6.42. The largest absolute Gasteiger partial charge is 0.292 e. The molecule has 0 aliphatic heterocycles. The maximum absolute atomic E-state index is 4.99. The van der Waals surface area contributed by atoms with Gasteiger partial charge in [-0.25, -0.2) is 15.0 Å². The number of hydrogen-bond acceptors (Lipinski definition) is 7. The lowest BCUT2D eigenvalue weighted by Gasteiger charge is -2.11. The number of nitrogens with zero attached hydrogens (tertiary/aromatic N) is 7. The summed E-state index contributed by atoms with van der Waals surface area (Å²) >= 11 is 0. The van der Waals surface area contributed by atoms with Crippen LogP contribution >= 0.6 is 0 Å². The monoisotopic (exact) mass is 571 g/mol. The molecule has 0 saturated heterocycles. The van der Waals surface area contributed by atoms with Crippen LogP contribution < -0.4 is 0 Å². The van der Waals surface area contributed by atoms with Crippen molar-refractivity contribution in [3.63, 3.8) is 0 Å². The molecule has 7 nitrogen and oxygen atoms in total. The number of aromatic nitrogens is 5. The maximum Gasteiger partial charge on any atom is 0.164 e. The van der Waals surface area contributed by atoms with Crippen LogP contribution in [0.3, 0.4) is 0 Å². The van der Waals surface area contributed by atoms with Gasteiger partial charge in [0.15, 0.2) is 17.5 Å². The topological polar surface area (TPSA) is 89.2 Å². The van der Waals surface area contributed by atoms with Crippen molar-refractivity contribution in [2.24, 2.45) is 9.98 Å². The van der Waals surface area contributed by atoms with Crippen molar-refractivity contribution >= 4 is 11.9 Å². The van der Waals surface area contributed by atoms with Crippen LogP contribution in [0.5, 0.6) is 0 Å². The van der Waals surface area contributed by atoms with Gasteiger partial charge in [-0.15, -0.1) is 0 Å². The molecule has 0 amide bonds. The molecule has 7 heteroatoms. The highest BCUT2D eigenvalue weighted by atomic mass is 15.0. The lowest BCUT2D eigenvalue weighted by molar-refractivity contribution is 1.07. The minimum absolute atomic E-state index is 0.564. The van der Waals surface area contributed by atoms with Crippen LogP contribution in [0.4, 0.5) is 0 Å². The van der Waals surface area contributed by atoms with E-state index in [9.17, 15) is 0 Å². The van der Waals surface area contributed by atoms with E-state index in [4.69, 9.17) is 15.0 Å². The molecule has 6 rings (SSSR count). The molecule has 44 heavy (non-hydrogen) atoms. The number of aliphatic imine (C=N–C) groups is 2. The highest BCUT2D eigenvalue weighted by Gasteiger charge is 2.15. The summed E-state index contributed by atoms with van der Waals surface area (Å²) in [5.41, 5.74) is 8.40. The summed E-state index contributed by atoms with van der Waals surface area (Å²) in [7, 11) is 1.78. The molecule has 4 aromatic carbocycles. The van der Waals surface area contributed by atoms with E-state index < -0.39 is 0 Å². The Balaban J connectivity index is 1.48. The second kappa shape index (κ2) is 13.4. The first-order chi connectivity index (χ1) is 21.7. The van der Waals surface area contributed by atoms with Crippen LogP contribution in [0.15, 0.2) is 144 Å². The first kappa shape index (κ1) is 28.2. The molecule has 0 atom stereocenters. The minimum atomic E-state index is 0.564. The molecule has 0 spiro atoms. The van der Waals surface area contributed by atoms with E-state index in [-0.39, 0.29) is 0 Å². The fraction of sp³-hybridized carbons (Fsp3) is 0.0541. The summed E-state index contributed by atoms with van der Waals surface area (Å²) < 4.78 is 0. The molecule has 0 unspecified atom stereocenters. The van der Waals surface area contributed by atoms with Crippen molar-refractivity contribution < 1.29 is 0 Å². The lowest BCUT2D eigenvalue weighted by atomic mass is 10.0. The molecule has 2 aromatic heterocycles. The highest BCUT2D eigenvalue weighted by molar-refractivity contribution is 6.07. The first-order valence-corrected chi connectivity index (χ1v) is 14.2. The Bertz CT molecular complexity index is 1860. The molecule has 0 saturated carbocycles. The third-order valence-electron chi connectivity index (χ3n) is 7.06. The average Bonchev–Trinajstić information content (AvgIpc) is 3.11. The van der Waals surface area contributed by atoms with E-state index in [0.29, 0.717) is 23.9 Å². The van der Waals surface area contributed by atoms with Crippen LogP contribution in [0, 0.1) is 0 Å². The van der Waals surface area contributed by atoms with E-state index >= 15 is 0 Å². The molecule has 0 bridgehead atoms. The molecule has 0 fully saturated rings. The Morgan fingerprint density at radius 1 is 0.659 bits per heavy atom. The van der Waals surface area contributed by atoms with Crippen LogP contribution in [-0.4, -0.2) is 43.9 Å². The average molecular weight is 572 g/mol. The van der Waals surface area contributed by atoms with Gasteiger partial charge < -0.3 is 0 Å². The van der Waals surface area contributed by atoms with Crippen molar-refractivity contribution in [3.8, 4) is 56.5 Å². The van der Waals surface area contributed by atoms with Gasteiger partial charge >= 0.3 is 0 Å². The quantitative estimate of drug-likeness (QED) is 0.164. The van der Waals surface area contributed by atoms with Gasteiger partial charge in [0.1, 0.15) is 0 Å². The first-order valence-electron chi connectivity index (χ1n) is 14.2. The zero-order valence-corrected chi connectivity index (χ0v) is 24.2. The fourth-order valence-corrected chi connectivity index (χ4v) is 4.89. The smallest absolute Gasteiger partial charge is 0.164 e. The van der Waals surface area contributed by atoms with E-state index in [1.165, 1.54) is 6.20 Å². The minimum Gasteiger partial charge on any atom is -0.292 e. The normalized spacial score (nSPS) is 11.5. The summed E-state index contributed by atoms with van der Waals surface area (Å²) in [4.78, 5) is 32.3. The molecule has 6 aromatic rings. The van der Waals surface area contributed by atoms with Gasteiger partial charge in [0.05, 0.1) is 11.9 Å². The van der Waals surface area contributed by atoms with Gasteiger partial charge in [0, 0.05) is 66.2 Å². The van der Waals surface area contributed by atoms with Gasteiger partial charge in [0.2, 0.25) is 0 Å². The summed E-state index contributed by atoms with van der Waals surface area (Å²) in [5.74, 6) is 1.71. The molecule has 0 aliphatic rings. The lowest BCUT2D eigenvalue weighted by Crippen LogP contribution is -2.04. The Kier molecular flexibility index (Phi) is 8.55. The zero-order chi connectivity index (χ0) is 30.1. The molecule has 0 N–H and O–H groups in total. The van der Waals surface area contributed by atoms with Crippen LogP contribution in [-0.2, 0) is 0 Å². The molecule has 212 valence electrons. The van der Waals surface area contributed by atoms with E-state index in [0.717, 1.165) is 50.3 Å². The van der Waals surface area contributed by atoms with Gasteiger partial charge in [-0.3, -0.25) is 20.0 Å². The van der Waals surface area contributed by atoms with E-state index in [1.54, 1.807) is 31.9 Å². The van der Waals surface area contributed by atoms with Crippen molar-refractivity contribution in [2.45, 2.75) is 6.42 Å². The molecular weight excluding hydrogens is 542 g/mol. The van der Waals surface area contributed by atoms with Crippen molar-refractivity contribution in [2.75, 3.05) is 7.05 Å². The third-order valence-corrected chi connectivity index (χ3v) is 7.06. The Hall–Kier alpha value is -5.95. The van der Waals surface area contributed by atoms with Crippen LogP contribution in [0.25, 0.3) is 56.5 Å². The SMILES string of the molecule is C=CN=CCC(=NC)c1cccc(-c2nc(-c3cccc(-c4ccccc4)c3)nc(-c3cccc(-c4cnccn4)c3)n2)c1. The second-order valence-corrected chi connectivity index (χ2v) is 9.89.